The maximum absolute atomic E-state index is 11.7. The van der Waals surface area contributed by atoms with Crippen molar-refractivity contribution in [2.45, 2.75) is 32.3 Å². The summed E-state index contributed by atoms with van der Waals surface area (Å²) < 4.78 is 5.68. The first-order valence-electron chi connectivity index (χ1n) is 7.43. The first-order chi connectivity index (χ1) is 10.2. The molecule has 0 aliphatic carbocycles. The van der Waals surface area contributed by atoms with Gasteiger partial charge in [-0.05, 0) is 12.8 Å². The SMILES string of the molecule is CC/C=C/C=C\C/C=C/C(=O)OC(CC(=O)[O-])C[N+](C)(C)C. The molecule has 0 aliphatic heterocycles. The zero-order valence-corrected chi connectivity index (χ0v) is 14.0. The normalized spacial score (nSPS) is 14.0. The predicted molar refractivity (Wildman–Crippen MR) is 84.7 cm³/mol. The number of hydrogen-bond acceptors (Lipinski definition) is 4. The number of carboxylic acid groups (broad SMARTS) is 1. The molecule has 1 atom stereocenters. The summed E-state index contributed by atoms with van der Waals surface area (Å²) in [5, 5.41) is 10.7. The second-order valence-corrected chi connectivity index (χ2v) is 6.01. The third-order valence-corrected chi connectivity index (χ3v) is 2.57. The van der Waals surface area contributed by atoms with E-state index >= 15 is 0 Å². The van der Waals surface area contributed by atoms with E-state index in [-0.39, 0.29) is 6.42 Å². The van der Waals surface area contributed by atoms with E-state index in [2.05, 4.69) is 6.92 Å². The lowest BCUT2D eigenvalue weighted by molar-refractivity contribution is -0.873. The second kappa shape index (κ2) is 10.8. The van der Waals surface area contributed by atoms with Crippen LogP contribution in [-0.4, -0.2) is 50.2 Å². The molecule has 0 aromatic heterocycles. The predicted octanol–water partition coefficient (Wildman–Crippen LogP) is 1.21. The molecule has 0 bridgehead atoms. The van der Waals surface area contributed by atoms with E-state index in [4.69, 9.17) is 4.74 Å². The molecule has 0 fully saturated rings. The zero-order valence-electron chi connectivity index (χ0n) is 14.0. The largest absolute Gasteiger partial charge is 0.550 e. The van der Waals surface area contributed by atoms with Crippen molar-refractivity contribution < 1.29 is 23.9 Å². The monoisotopic (exact) mass is 309 g/mol. The molecule has 0 heterocycles. The maximum Gasteiger partial charge on any atom is 0.330 e. The third kappa shape index (κ3) is 13.1. The number of allylic oxidation sites excluding steroid dienone is 5. The van der Waals surface area contributed by atoms with E-state index in [1.54, 1.807) is 6.08 Å². The van der Waals surface area contributed by atoms with Crippen LogP contribution in [0.2, 0.25) is 0 Å². The lowest BCUT2D eigenvalue weighted by Crippen LogP contribution is -2.45. The van der Waals surface area contributed by atoms with Crippen LogP contribution < -0.4 is 5.11 Å². The first kappa shape index (κ1) is 20.1. The number of rotatable bonds is 10. The summed E-state index contributed by atoms with van der Waals surface area (Å²) in [6, 6.07) is 0. The van der Waals surface area contributed by atoms with E-state index in [1.165, 1.54) is 6.08 Å². The minimum absolute atomic E-state index is 0.295. The molecular formula is C17H27NO4. The Bertz CT molecular complexity index is 430. The fourth-order valence-electron chi connectivity index (χ4n) is 1.76. The van der Waals surface area contributed by atoms with Crippen LogP contribution >= 0.6 is 0 Å². The Morgan fingerprint density at radius 2 is 1.77 bits per heavy atom. The molecule has 0 N–H and O–H groups in total. The Hall–Kier alpha value is -1.88. The molecule has 124 valence electrons. The minimum Gasteiger partial charge on any atom is -0.550 e. The van der Waals surface area contributed by atoms with E-state index in [0.29, 0.717) is 17.4 Å². The number of hydrogen-bond donors (Lipinski definition) is 0. The number of carboxylic acids is 1. The van der Waals surface area contributed by atoms with Crippen molar-refractivity contribution in [3.8, 4) is 0 Å². The van der Waals surface area contributed by atoms with Crippen LogP contribution in [0.4, 0.5) is 0 Å². The van der Waals surface area contributed by atoms with Crippen molar-refractivity contribution in [2.24, 2.45) is 0 Å². The molecule has 0 aromatic rings. The standard InChI is InChI=1S/C17H27NO4/c1-5-6-7-8-9-10-11-12-17(21)22-15(13-16(19)20)14-18(2,3)4/h6-9,11-12,15H,5,10,13-14H2,1-4H3/b7-6+,9-8-,12-11+. The molecule has 0 saturated carbocycles. The van der Waals surface area contributed by atoms with Crippen LogP contribution in [0.1, 0.15) is 26.2 Å². The van der Waals surface area contributed by atoms with Gasteiger partial charge in [0.25, 0.3) is 0 Å². The van der Waals surface area contributed by atoms with Gasteiger partial charge in [0.2, 0.25) is 0 Å². The number of nitrogens with zero attached hydrogens (tertiary/aromatic N) is 1. The average Bonchev–Trinajstić information content (AvgIpc) is 2.34. The van der Waals surface area contributed by atoms with Crippen molar-refractivity contribution in [1.29, 1.82) is 0 Å². The number of aliphatic carboxylic acids is 1. The number of likely N-dealkylation sites (N-methyl/N-ethyl adjacent to an activating group) is 1. The van der Waals surface area contributed by atoms with Crippen LogP contribution in [0.15, 0.2) is 36.5 Å². The highest BCUT2D eigenvalue weighted by Gasteiger charge is 2.21. The van der Waals surface area contributed by atoms with Crippen molar-refractivity contribution in [3.05, 3.63) is 36.5 Å². The zero-order chi connectivity index (χ0) is 17.0. The Balaban J connectivity index is 4.35. The van der Waals surface area contributed by atoms with Gasteiger partial charge in [-0.25, -0.2) is 4.79 Å². The molecule has 22 heavy (non-hydrogen) atoms. The lowest BCUT2D eigenvalue weighted by Gasteiger charge is -2.29. The number of quaternary nitrogens is 1. The van der Waals surface area contributed by atoms with Crippen LogP contribution in [0.5, 0.6) is 0 Å². The summed E-state index contributed by atoms with van der Waals surface area (Å²) in [6.45, 7) is 2.47. The molecule has 5 heteroatoms. The molecule has 0 saturated heterocycles. The fraction of sp³-hybridized carbons (Fsp3) is 0.529. The minimum atomic E-state index is -1.22. The van der Waals surface area contributed by atoms with Crippen molar-refractivity contribution in [1.82, 2.24) is 0 Å². The molecule has 1 unspecified atom stereocenters. The van der Waals surface area contributed by atoms with E-state index < -0.39 is 18.0 Å². The Labute approximate surface area is 133 Å². The van der Waals surface area contributed by atoms with Gasteiger partial charge in [-0.15, -0.1) is 0 Å². The molecule has 0 spiro atoms. The van der Waals surface area contributed by atoms with Gasteiger partial charge < -0.3 is 19.1 Å². The molecule has 0 aliphatic rings. The highest BCUT2D eigenvalue weighted by atomic mass is 16.5. The van der Waals surface area contributed by atoms with Gasteiger partial charge in [-0.3, -0.25) is 0 Å². The van der Waals surface area contributed by atoms with E-state index in [9.17, 15) is 14.7 Å². The van der Waals surface area contributed by atoms with Crippen LogP contribution in [0.3, 0.4) is 0 Å². The van der Waals surface area contributed by atoms with Gasteiger partial charge in [0, 0.05) is 18.5 Å². The van der Waals surface area contributed by atoms with Crippen LogP contribution in [0, 0.1) is 0 Å². The third-order valence-electron chi connectivity index (χ3n) is 2.57. The topological polar surface area (TPSA) is 66.4 Å². The summed E-state index contributed by atoms with van der Waals surface area (Å²) in [6.07, 6.45) is 11.4. The van der Waals surface area contributed by atoms with Crippen molar-refractivity contribution in [3.63, 3.8) is 0 Å². The van der Waals surface area contributed by atoms with Gasteiger partial charge >= 0.3 is 5.97 Å². The van der Waals surface area contributed by atoms with Gasteiger partial charge in [0.1, 0.15) is 6.54 Å². The van der Waals surface area contributed by atoms with Crippen molar-refractivity contribution >= 4 is 11.9 Å². The number of esters is 1. The van der Waals surface area contributed by atoms with Gasteiger partial charge in [-0.2, -0.15) is 0 Å². The average molecular weight is 309 g/mol. The Kier molecular flexibility index (Phi) is 9.87. The highest BCUT2D eigenvalue weighted by Crippen LogP contribution is 2.05. The summed E-state index contributed by atoms with van der Waals surface area (Å²) in [5.74, 6) is -1.75. The number of ether oxygens (including phenoxy) is 1. The van der Waals surface area contributed by atoms with Crippen LogP contribution in [-0.2, 0) is 14.3 Å². The summed E-state index contributed by atoms with van der Waals surface area (Å²) in [4.78, 5) is 22.4. The Morgan fingerprint density at radius 3 is 2.32 bits per heavy atom. The molecule has 0 rings (SSSR count). The molecule has 0 amide bonds. The smallest absolute Gasteiger partial charge is 0.330 e. The fourth-order valence-corrected chi connectivity index (χ4v) is 1.76. The molecular weight excluding hydrogens is 282 g/mol. The van der Waals surface area contributed by atoms with Gasteiger partial charge in [0.05, 0.1) is 21.1 Å². The van der Waals surface area contributed by atoms with Gasteiger partial charge in [-0.1, -0.05) is 37.3 Å². The van der Waals surface area contributed by atoms with Crippen LogP contribution in [0.25, 0.3) is 0 Å². The number of carbonyl (C=O) groups excluding carboxylic acids is 2. The summed E-state index contributed by atoms with van der Waals surface area (Å²) in [5.41, 5.74) is 0. The summed E-state index contributed by atoms with van der Waals surface area (Å²) in [7, 11) is 5.71. The summed E-state index contributed by atoms with van der Waals surface area (Å²) >= 11 is 0. The quantitative estimate of drug-likeness (QED) is 0.263. The van der Waals surface area contributed by atoms with Gasteiger partial charge in [0.15, 0.2) is 6.10 Å². The van der Waals surface area contributed by atoms with E-state index in [1.807, 2.05) is 45.4 Å². The Morgan fingerprint density at radius 1 is 1.14 bits per heavy atom. The lowest BCUT2D eigenvalue weighted by atomic mass is 10.2. The maximum atomic E-state index is 11.7. The van der Waals surface area contributed by atoms with E-state index in [0.717, 1.165) is 6.42 Å². The second-order valence-electron chi connectivity index (χ2n) is 6.01. The first-order valence-corrected chi connectivity index (χ1v) is 7.43. The molecule has 0 radical (unpaired) electrons. The molecule has 0 aromatic carbocycles. The molecule has 5 nitrogen and oxygen atoms in total. The van der Waals surface area contributed by atoms with Crippen molar-refractivity contribution in [2.75, 3.05) is 27.7 Å². The number of carbonyl (C=O) groups is 2. The highest BCUT2D eigenvalue weighted by molar-refractivity contribution is 5.82.